The van der Waals surface area contributed by atoms with Crippen LogP contribution in [0.1, 0.15) is 28.4 Å². The molecule has 3 heterocycles. The van der Waals surface area contributed by atoms with Gasteiger partial charge in [0.2, 0.25) is 0 Å². The summed E-state index contributed by atoms with van der Waals surface area (Å²) in [6.45, 7) is 0. The third-order valence-corrected chi connectivity index (χ3v) is 5.17. The Morgan fingerprint density at radius 1 is 1.35 bits per heavy atom. The molecule has 0 unspecified atom stereocenters. The Morgan fingerprint density at radius 2 is 2.26 bits per heavy atom. The fourth-order valence-electron chi connectivity index (χ4n) is 2.82. The second-order valence-electron chi connectivity index (χ2n) is 5.55. The van der Waals surface area contributed by atoms with Gasteiger partial charge in [0, 0.05) is 34.3 Å². The van der Waals surface area contributed by atoms with E-state index in [1.54, 1.807) is 24.0 Å². The number of aromatic amines is 1. The highest BCUT2D eigenvalue weighted by molar-refractivity contribution is 7.99. The van der Waals surface area contributed by atoms with E-state index in [1.165, 1.54) is 0 Å². The van der Waals surface area contributed by atoms with Crippen LogP contribution in [0.2, 0.25) is 0 Å². The third-order valence-electron chi connectivity index (χ3n) is 4.07. The SMILES string of the molecule is N[C@@H]1CCSc2cc(C(=O)Nc3ccnc4[nH]ccc34)ccc21. The van der Waals surface area contributed by atoms with Crippen LogP contribution in [0.25, 0.3) is 11.0 Å². The predicted molar refractivity (Wildman–Crippen MR) is 92.8 cm³/mol. The van der Waals surface area contributed by atoms with Crippen molar-refractivity contribution in [3.63, 3.8) is 0 Å². The summed E-state index contributed by atoms with van der Waals surface area (Å²) in [6, 6.07) is 9.53. The van der Waals surface area contributed by atoms with Crippen molar-refractivity contribution in [3.05, 3.63) is 53.9 Å². The number of nitrogens with zero attached hydrogens (tertiary/aromatic N) is 1. The van der Waals surface area contributed by atoms with Crippen molar-refractivity contribution in [1.29, 1.82) is 0 Å². The summed E-state index contributed by atoms with van der Waals surface area (Å²) in [7, 11) is 0. The van der Waals surface area contributed by atoms with Gasteiger partial charge < -0.3 is 16.0 Å². The van der Waals surface area contributed by atoms with Crippen LogP contribution < -0.4 is 11.1 Å². The average molecular weight is 324 g/mol. The van der Waals surface area contributed by atoms with Crippen molar-refractivity contribution in [2.24, 2.45) is 5.73 Å². The monoisotopic (exact) mass is 324 g/mol. The van der Waals surface area contributed by atoms with Gasteiger partial charge in [-0.25, -0.2) is 4.98 Å². The van der Waals surface area contributed by atoms with Crippen LogP contribution in [0.3, 0.4) is 0 Å². The number of aromatic nitrogens is 2. The fourth-order valence-corrected chi connectivity index (χ4v) is 4.01. The first-order valence-corrected chi connectivity index (χ1v) is 8.47. The van der Waals surface area contributed by atoms with E-state index in [1.807, 2.05) is 30.5 Å². The summed E-state index contributed by atoms with van der Waals surface area (Å²) in [6.07, 6.45) is 4.46. The maximum atomic E-state index is 12.6. The maximum Gasteiger partial charge on any atom is 0.255 e. The zero-order valence-corrected chi connectivity index (χ0v) is 13.2. The van der Waals surface area contributed by atoms with Crippen LogP contribution in [0.15, 0.2) is 47.6 Å². The van der Waals surface area contributed by atoms with Gasteiger partial charge in [0.25, 0.3) is 5.91 Å². The van der Waals surface area contributed by atoms with Gasteiger partial charge in [0.15, 0.2) is 0 Å². The van der Waals surface area contributed by atoms with E-state index < -0.39 is 0 Å². The minimum Gasteiger partial charge on any atom is -0.346 e. The van der Waals surface area contributed by atoms with Gasteiger partial charge in [0.05, 0.1) is 5.69 Å². The van der Waals surface area contributed by atoms with E-state index in [2.05, 4.69) is 15.3 Å². The van der Waals surface area contributed by atoms with Crippen molar-refractivity contribution in [2.75, 3.05) is 11.1 Å². The largest absolute Gasteiger partial charge is 0.346 e. The topological polar surface area (TPSA) is 83.8 Å². The Kier molecular flexibility index (Phi) is 3.55. The number of nitrogens with two attached hydrogens (primary N) is 1. The molecule has 1 aromatic carbocycles. The zero-order valence-electron chi connectivity index (χ0n) is 12.4. The molecule has 2 aromatic heterocycles. The summed E-state index contributed by atoms with van der Waals surface area (Å²) >= 11 is 1.76. The molecule has 0 saturated carbocycles. The number of benzene rings is 1. The molecule has 1 amide bonds. The lowest BCUT2D eigenvalue weighted by Gasteiger charge is -2.22. The van der Waals surface area contributed by atoms with E-state index in [-0.39, 0.29) is 11.9 Å². The number of anilines is 1. The van der Waals surface area contributed by atoms with Crippen molar-refractivity contribution >= 4 is 34.4 Å². The van der Waals surface area contributed by atoms with Crippen LogP contribution in [-0.4, -0.2) is 21.6 Å². The predicted octanol–water partition coefficient (Wildman–Crippen LogP) is 3.31. The Labute approximate surface area is 137 Å². The highest BCUT2D eigenvalue weighted by Crippen LogP contribution is 2.35. The molecule has 116 valence electrons. The highest BCUT2D eigenvalue weighted by atomic mass is 32.2. The quantitative estimate of drug-likeness (QED) is 0.675. The minimum absolute atomic E-state index is 0.0723. The third kappa shape index (κ3) is 2.60. The van der Waals surface area contributed by atoms with Crippen LogP contribution >= 0.6 is 11.8 Å². The molecule has 0 spiro atoms. The number of hydrogen-bond acceptors (Lipinski definition) is 4. The van der Waals surface area contributed by atoms with E-state index in [0.29, 0.717) is 5.56 Å². The van der Waals surface area contributed by atoms with Gasteiger partial charge in [0.1, 0.15) is 5.65 Å². The van der Waals surface area contributed by atoms with Crippen LogP contribution in [0.4, 0.5) is 5.69 Å². The molecule has 5 nitrogen and oxygen atoms in total. The summed E-state index contributed by atoms with van der Waals surface area (Å²) in [5.74, 6) is 0.870. The maximum absolute atomic E-state index is 12.6. The standard InChI is InChI=1S/C17H16N4OS/c18-13-5-8-23-15-9-10(1-2-11(13)15)17(22)21-14-4-7-20-16-12(14)3-6-19-16/h1-4,6-7,9,13H,5,8,18H2,(H2,19,20,21,22)/t13-/m1/s1. The minimum atomic E-state index is -0.124. The lowest BCUT2D eigenvalue weighted by molar-refractivity contribution is 0.102. The Bertz CT molecular complexity index is 889. The van der Waals surface area contributed by atoms with Crippen LogP contribution in [0, 0.1) is 0 Å². The number of fused-ring (bicyclic) bond motifs is 2. The van der Waals surface area contributed by atoms with Crippen molar-refractivity contribution < 1.29 is 4.79 Å². The highest BCUT2D eigenvalue weighted by Gasteiger charge is 2.19. The van der Waals surface area contributed by atoms with Gasteiger partial charge in [-0.2, -0.15) is 0 Å². The lowest BCUT2D eigenvalue weighted by Crippen LogP contribution is -2.17. The van der Waals surface area contributed by atoms with E-state index in [0.717, 1.165) is 39.4 Å². The molecule has 0 saturated heterocycles. The molecule has 0 aliphatic carbocycles. The number of thioether (sulfide) groups is 1. The number of carbonyl (C=O) groups excluding carboxylic acids is 1. The number of pyridine rings is 1. The second-order valence-corrected chi connectivity index (χ2v) is 6.69. The van der Waals surface area contributed by atoms with E-state index >= 15 is 0 Å². The van der Waals surface area contributed by atoms with Gasteiger partial charge in [-0.05, 0) is 42.0 Å². The van der Waals surface area contributed by atoms with Gasteiger partial charge >= 0.3 is 0 Å². The number of carbonyl (C=O) groups is 1. The molecule has 3 aromatic rings. The smallest absolute Gasteiger partial charge is 0.255 e. The molecule has 4 N–H and O–H groups in total. The molecule has 0 radical (unpaired) electrons. The molecule has 1 aliphatic heterocycles. The second kappa shape index (κ2) is 5.72. The summed E-state index contributed by atoms with van der Waals surface area (Å²) < 4.78 is 0. The number of amides is 1. The molecule has 1 aliphatic rings. The summed E-state index contributed by atoms with van der Waals surface area (Å²) in [4.78, 5) is 20.9. The number of hydrogen-bond donors (Lipinski definition) is 3. The van der Waals surface area contributed by atoms with Gasteiger partial charge in [-0.3, -0.25) is 4.79 Å². The van der Waals surface area contributed by atoms with E-state index in [9.17, 15) is 4.79 Å². The number of rotatable bonds is 2. The van der Waals surface area contributed by atoms with Crippen molar-refractivity contribution in [1.82, 2.24) is 9.97 Å². The van der Waals surface area contributed by atoms with Crippen molar-refractivity contribution in [3.8, 4) is 0 Å². The normalized spacial score (nSPS) is 17.0. The molecular weight excluding hydrogens is 308 g/mol. The van der Waals surface area contributed by atoms with Gasteiger partial charge in [-0.15, -0.1) is 11.8 Å². The van der Waals surface area contributed by atoms with Gasteiger partial charge in [-0.1, -0.05) is 6.07 Å². The first-order valence-electron chi connectivity index (χ1n) is 7.48. The van der Waals surface area contributed by atoms with Crippen LogP contribution in [-0.2, 0) is 0 Å². The Balaban J connectivity index is 1.63. The molecular formula is C17H16N4OS. The lowest BCUT2D eigenvalue weighted by atomic mass is 10.0. The molecule has 4 rings (SSSR count). The molecule has 1 atom stereocenters. The molecule has 6 heteroatoms. The summed E-state index contributed by atoms with van der Waals surface area (Å²) in [5.41, 5.74) is 9.41. The Hall–Kier alpha value is -2.31. The summed E-state index contributed by atoms with van der Waals surface area (Å²) in [5, 5.41) is 3.86. The van der Waals surface area contributed by atoms with Crippen molar-refractivity contribution in [2.45, 2.75) is 17.4 Å². The molecule has 0 bridgehead atoms. The zero-order chi connectivity index (χ0) is 15.8. The fraction of sp³-hybridized carbons (Fsp3) is 0.176. The first-order chi connectivity index (χ1) is 11.2. The van der Waals surface area contributed by atoms with Crippen LogP contribution in [0.5, 0.6) is 0 Å². The first kappa shape index (κ1) is 14.3. The average Bonchev–Trinajstić information content (AvgIpc) is 3.04. The van der Waals surface area contributed by atoms with E-state index in [4.69, 9.17) is 5.73 Å². The number of nitrogens with one attached hydrogen (secondary N) is 2. The molecule has 23 heavy (non-hydrogen) atoms. The number of H-pyrrole nitrogens is 1. The Morgan fingerprint density at radius 3 is 3.17 bits per heavy atom. The molecule has 0 fully saturated rings.